The zero-order valence-corrected chi connectivity index (χ0v) is 22.9. The molecule has 0 aliphatic rings. The number of rotatable bonds is 8. The van der Waals surface area contributed by atoms with Crippen molar-refractivity contribution in [3.05, 3.63) is 109 Å². The Morgan fingerprint density at radius 2 is 0.639 bits per heavy atom. The quantitative estimate of drug-likeness (QED) is 0.193. The van der Waals surface area contributed by atoms with Gasteiger partial charge >= 0.3 is 0 Å². The number of hydrogen-bond donors (Lipinski definition) is 0. The van der Waals surface area contributed by atoms with Crippen molar-refractivity contribution in [3.8, 4) is 0 Å². The topological polar surface area (TPSA) is 51.6 Å². The van der Waals surface area contributed by atoms with Crippen molar-refractivity contribution < 1.29 is 0 Å². The summed E-state index contributed by atoms with van der Waals surface area (Å²) in [6.07, 6.45) is 7.35. The van der Waals surface area contributed by atoms with E-state index in [4.69, 9.17) is 0 Å². The Kier molecular flexibility index (Phi) is 8.28. The zero-order valence-electron chi connectivity index (χ0n) is 19.7. The third-order valence-corrected chi connectivity index (χ3v) is 10.1. The molecule has 0 N–H and O–H groups in total. The summed E-state index contributed by atoms with van der Waals surface area (Å²) in [4.78, 5) is 23.1. The lowest BCUT2D eigenvalue weighted by Gasteiger charge is -2.22. The van der Waals surface area contributed by atoms with E-state index >= 15 is 0 Å². The van der Waals surface area contributed by atoms with Gasteiger partial charge in [-0.1, -0.05) is 71.3 Å². The number of pyridine rings is 4. The molecule has 0 radical (unpaired) electrons. The lowest BCUT2D eigenvalue weighted by atomic mass is 10.1. The summed E-state index contributed by atoms with van der Waals surface area (Å²) in [5.41, 5.74) is 2.40. The van der Waals surface area contributed by atoms with Gasteiger partial charge in [0.2, 0.25) is 0 Å². The summed E-state index contributed by atoms with van der Waals surface area (Å²) in [6.45, 7) is 4.39. The monoisotopic (exact) mass is 542 g/mol. The van der Waals surface area contributed by atoms with Crippen LogP contribution in [0.3, 0.4) is 0 Å². The Balaban J connectivity index is 1.70. The SMILES string of the molecule is Cc1c(Sc2ccccn2)c(Sc2ccccn2)c(C)c(Sc2ccccn2)c1Sc1ccccn1. The number of nitrogens with zero attached hydrogens (tertiary/aromatic N) is 4. The summed E-state index contributed by atoms with van der Waals surface area (Å²) in [7, 11) is 0. The maximum Gasteiger partial charge on any atom is 0.101 e. The van der Waals surface area contributed by atoms with Crippen LogP contribution < -0.4 is 0 Å². The van der Waals surface area contributed by atoms with Gasteiger partial charge in [0, 0.05) is 44.4 Å². The minimum absolute atomic E-state index is 0.960. The highest BCUT2D eigenvalue weighted by molar-refractivity contribution is 8.03. The average Bonchev–Trinajstić information content (AvgIpc) is 2.93. The Hall–Kier alpha value is -2.78. The molecule has 0 aliphatic carbocycles. The van der Waals surface area contributed by atoms with Crippen molar-refractivity contribution in [2.45, 2.75) is 53.5 Å². The van der Waals surface area contributed by atoms with Gasteiger partial charge in [-0.15, -0.1) is 0 Å². The van der Waals surface area contributed by atoms with Crippen molar-refractivity contribution in [2.75, 3.05) is 0 Å². The van der Waals surface area contributed by atoms with Crippen LogP contribution in [-0.2, 0) is 0 Å². The molecule has 0 atom stereocenters. The molecule has 4 heterocycles. The van der Waals surface area contributed by atoms with Gasteiger partial charge in [0.15, 0.2) is 0 Å². The number of aromatic nitrogens is 4. The molecule has 0 amide bonds. The van der Waals surface area contributed by atoms with E-state index in [1.165, 1.54) is 30.7 Å². The molecule has 8 heteroatoms. The van der Waals surface area contributed by atoms with E-state index < -0.39 is 0 Å². The Labute approximate surface area is 228 Å². The van der Waals surface area contributed by atoms with E-state index in [-0.39, 0.29) is 0 Å². The van der Waals surface area contributed by atoms with E-state index in [0.717, 1.165) is 20.1 Å². The first-order chi connectivity index (χ1) is 17.7. The van der Waals surface area contributed by atoms with Gasteiger partial charge in [-0.2, -0.15) is 0 Å². The predicted molar refractivity (Wildman–Crippen MR) is 149 cm³/mol. The molecule has 1 aromatic carbocycles. The number of hydrogen-bond acceptors (Lipinski definition) is 8. The fourth-order valence-corrected chi connectivity index (χ4v) is 7.94. The van der Waals surface area contributed by atoms with Crippen molar-refractivity contribution in [3.63, 3.8) is 0 Å². The summed E-state index contributed by atoms with van der Waals surface area (Å²) in [5, 5.41) is 3.84. The fourth-order valence-electron chi connectivity index (χ4n) is 3.43. The standard InChI is InChI=1S/C28H22N4S4/c1-19-25(33-21-11-3-7-15-29-21)27(35-23-13-5-9-17-31-23)20(2)28(36-24-14-6-10-18-32-24)26(19)34-22-12-4-8-16-30-22/h3-18H,1-2H3. The fraction of sp³-hybridized carbons (Fsp3) is 0.0714. The van der Waals surface area contributed by atoms with E-state index in [1.807, 2.05) is 73.3 Å². The molecule has 0 bridgehead atoms. The summed E-state index contributed by atoms with van der Waals surface area (Å²) in [6, 6.07) is 24.1. The second-order valence-electron chi connectivity index (χ2n) is 7.65. The molecule has 178 valence electrons. The largest absolute Gasteiger partial charge is 0.250 e. The molecular formula is C28H22N4S4. The van der Waals surface area contributed by atoms with Gasteiger partial charge in [-0.05, 0) is 73.5 Å². The average molecular weight is 543 g/mol. The maximum absolute atomic E-state index is 4.60. The second kappa shape index (κ2) is 12.0. The van der Waals surface area contributed by atoms with Crippen LogP contribution in [0.25, 0.3) is 0 Å². The summed E-state index contributed by atoms with van der Waals surface area (Å²) >= 11 is 6.78. The zero-order chi connectivity index (χ0) is 24.7. The highest BCUT2D eigenvalue weighted by atomic mass is 32.2. The Morgan fingerprint density at radius 1 is 0.389 bits per heavy atom. The molecule has 0 fully saturated rings. The molecule has 0 saturated heterocycles. The lowest BCUT2D eigenvalue weighted by molar-refractivity contribution is 0.956. The molecular weight excluding hydrogens is 521 g/mol. The molecule has 5 aromatic rings. The smallest absolute Gasteiger partial charge is 0.101 e. The highest BCUT2D eigenvalue weighted by Crippen LogP contribution is 2.51. The van der Waals surface area contributed by atoms with E-state index in [9.17, 15) is 0 Å². The van der Waals surface area contributed by atoms with Crippen LogP contribution in [0.1, 0.15) is 11.1 Å². The summed E-state index contributed by atoms with van der Waals surface area (Å²) in [5.74, 6) is 0. The summed E-state index contributed by atoms with van der Waals surface area (Å²) < 4.78 is 0. The van der Waals surface area contributed by atoms with Crippen molar-refractivity contribution in [1.29, 1.82) is 0 Å². The van der Waals surface area contributed by atoms with Crippen LogP contribution >= 0.6 is 47.0 Å². The first-order valence-corrected chi connectivity index (χ1v) is 14.5. The van der Waals surface area contributed by atoms with E-state index in [1.54, 1.807) is 47.0 Å². The van der Waals surface area contributed by atoms with Gasteiger partial charge in [-0.25, -0.2) is 19.9 Å². The van der Waals surface area contributed by atoms with Crippen LogP contribution in [0.2, 0.25) is 0 Å². The predicted octanol–water partition coefficient (Wildman–Crippen LogP) is 8.49. The van der Waals surface area contributed by atoms with E-state index in [0.29, 0.717) is 0 Å². The molecule has 4 aromatic heterocycles. The molecule has 0 unspecified atom stereocenters. The van der Waals surface area contributed by atoms with Gasteiger partial charge in [0.1, 0.15) is 20.1 Å². The molecule has 5 rings (SSSR count). The highest BCUT2D eigenvalue weighted by Gasteiger charge is 2.24. The molecule has 0 saturated carbocycles. The third-order valence-electron chi connectivity index (χ3n) is 5.15. The van der Waals surface area contributed by atoms with Gasteiger partial charge in [-0.3, -0.25) is 0 Å². The molecule has 4 nitrogen and oxygen atoms in total. The van der Waals surface area contributed by atoms with Crippen LogP contribution in [0.4, 0.5) is 0 Å². The van der Waals surface area contributed by atoms with Crippen molar-refractivity contribution in [1.82, 2.24) is 19.9 Å². The van der Waals surface area contributed by atoms with Crippen LogP contribution in [0, 0.1) is 13.8 Å². The van der Waals surface area contributed by atoms with Gasteiger partial charge in [0.25, 0.3) is 0 Å². The second-order valence-corrected chi connectivity index (χ2v) is 11.8. The maximum atomic E-state index is 4.60. The number of benzene rings is 1. The normalized spacial score (nSPS) is 10.9. The molecule has 0 aliphatic heterocycles. The lowest BCUT2D eigenvalue weighted by Crippen LogP contribution is -1.99. The Bertz CT molecular complexity index is 1210. The van der Waals surface area contributed by atoms with Crippen molar-refractivity contribution in [2.24, 2.45) is 0 Å². The minimum atomic E-state index is 0.960. The molecule has 0 spiro atoms. The van der Waals surface area contributed by atoms with E-state index in [2.05, 4.69) is 58.0 Å². The van der Waals surface area contributed by atoms with Crippen LogP contribution in [-0.4, -0.2) is 19.9 Å². The third kappa shape index (κ3) is 5.95. The Morgan fingerprint density at radius 3 is 0.833 bits per heavy atom. The van der Waals surface area contributed by atoms with Gasteiger partial charge in [0.05, 0.1) is 0 Å². The van der Waals surface area contributed by atoms with Crippen LogP contribution in [0.15, 0.2) is 137 Å². The minimum Gasteiger partial charge on any atom is -0.250 e. The van der Waals surface area contributed by atoms with Crippen molar-refractivity contribution >= 4 is 47.0 Å². The van der Waals surface area contributed by atoms with Crippen LogP contribution in [0.5, 0.6) is 0 Å². The molecule has 36 heavy (non-hydrogen) atoms. The first kappa shape index (κ1) is 24.9. The van der Waals surface area contributed by atoms with Gasteiger partial charge < -0.3 is 0 Å². The first-order valence-electron chi connectivity index (χ1n) is 11.2.